The lowest BCUT2D eigenvalue weighted by Crippen LogP contribution is -2.32. The Balaban J connectivity index is 1.40. The van der Waals surface area contributed by atoms with E-state index in [1.165, 1.54) is 29.7 Å². The Kier molecular flexibility index (Phi) is 4.59. The minimum absolute atomic E-state index is 0.104. The normalized spacial score (nSPS) is 19.5. The highest BCUT2D eigenvalue weighted by molar-refractivity contribution is 7.99. The van der Waals surface area contributed by atoms with Gasteiger partial charge in [-0.15, -0.1) is 0 Å². The average Bonchev–Trinajstić information content (AvgIpc) is 3.40. The molecule has 1 aromatic heterocycles. The molecule has 1 amide bonds. The van der Waals surface area contributed by atoms with E-state index in [-0.39, 0.29) is 11.9 Å². The number of nitrogens with zero attached hydrogens (tertiary/aromatic N) is 2. The first-order chi connectivity index (χ1) is 12.1. The first kappa shape index (κ1) is 16.7. The van der Waals surface area contributed by atoms with Gasteiger partial charge in [0, 0.05) is 11.7 Å². The van der Waals surface area contributed by atoms with Crippen molar-refractivity contribution in [3.05, 3.63) is 46.8 Å². The van der Waals surface area contributed by atoms with Gasteiger partial charge >= 0.3 is 0 Å². The highest BCUT2D eigenvalue weighted by Crippen LogP contribution is 2.40. The third kappa shape index (κ3) is 3.47. The number of imidazole rings is 1. The van der Waals surface area contributed by atoms with Crippen LogP contribution in [0.3, 0.4) is 0 Å². The number of aryl methyl sites for hydroxylation is 2. The number of rotatable bonds is 5. The molecule has 1 N–H and O–H groups in total. The summed E-state index contributed by atoms with van der Waals surface area (Å²) in [7, 11) is 0. The zero-order chi connectivity index (χ0) is 17.4. The molecule has 5 heteroatoms. The van der Waals surface area contributed by atoms with E-state index < -0.39 is 0 Å². The molecule has 0 aliphatic heterocycles. The van der Waals surface area contributed by atoms with Crippen LogP contribution in [0.15, 0.2) is 29.4 Å². The van der Waals surface area contributed by atoms with Gasteiger partial charge in [-0.2, -0.15) is 0 Å². The fourth-order valence-corrected chi connectivity index (χ4v) is 4.70. The van der Waals surface area contributed by atoms with Crippen molar-refractivity contribution in [3.63, 3.8) is 0 Å². The number of aromatic nitrogens is 2. The van der Waals surface area contributed by atoms with Gasteiger partial charge in [-0.05, 0) is 57.1 Å². The third-order valence-electron chi connectivity index (χ3n) is 5.30. The van der Waals surface area contributed by atoms with E-state index in [9.17, 15) is 4.79 Å². The van der Waals surface area contributed by atoms with Crippen LogP contribution in [0.2, 0.25) is 0 Å². The van der Waals surface area contributed by atoms with Crippen molar-refractivity contribution in [1.29, 1.82) is 0 Å². The smallest absolute Gasteiger partial charge is 0.230 e. The van der Waals surface area contributed by atoms with Crippen molar-refractivity contribution in [2.45, 2.75) is 63.2 Å². The Hall–Kier alpha value is -1.75. The quantitative estimate of drug-likeness (QED) is 0.821. The van der Waals surface area contributed by atoms with Crippen molar-refractivity contribution in [3.8, 4) is 0 Å². The SMILES string of the molecule is Cc1nc(SCC(=O)N[C@H]2CCCc3ccccc32)n(C2CC2)c1C. The van der Waals surface area contributed by atoms with Crippen molar-refractivity contribution in [1.82, 2.24) is 14.9 Å². The molecule has 132 valence electrons. The first-order valence-electron chi connectivity index (χ1n) is 9.19. The molecule has 2 aliphatic carbocycles. The van der Waals surface area contributed by atoms with Crippen LogP contribution in [-0.2, 0) is 11.2 Å². The largest absolute Gasteiger partial charge is 0.349 e. The zero-order valence-electron chi connectivity index (χ0n) is 14.9. The summed E-state index contributed by atoms with van der Waals surface area (Å²) in [6.07, 6.45) is 5.75. The van der Waals surface area contributed by atoms with Gasteiger partial charge in [0.25, 0.3) is 0 Å². The second-order valence-electron chi connectivity index (χ2n) is 7.17. The number of thioether (sulfide) groups is 1. The van der Waals surface area contributed by atoms with Crippen molar-refractivity contribution >= 4 is 17.7 Å². The second-order valence-corrected chi connectivity index (χ2v) is 8.11. The van der Waals surface area contributed by atoms with Gasteiger partial charge in [0.2, 0.25) is 5.91 Å². The molecule has 4 nitrogen and oxygen atoms in total. The molecule has 1 fully saturated rings. The van der Waals surface area contributed by atoms with Crippen LogP contribution < -0.4 is 5.32 Å². The van der Waals surface area contributed by atoms with Gasteiger partial charge < -0.3 is 9.88 Å². The number of nitrogens with one attached hydrogen (secondary N) is 1. The molecule has 1 saturated carbocycles. The maximum Gasteiger partial charge on any atom is 0.230 e. The molecule has 25 heavy (non-hydrogen) atoms. The molecule has 0 saturated heterocycles. The van der Waals surface area contributed by atoms with Crippen LogP contribution in [0.5, 0.6) is 0 Å². The summed E-state index contributed by atoms with van der Waals surface area (Å²) in [6.45, 7) is 4.18. The molecule has 0 radical (unpaired) electrons. The summed E-state index contributed by atoms with van der Waals surface area (Å²) in [6, 6.07) is 9.23. The summed E-state index contributed by atoms with van der Waals surface area (Å²) in [5.41, 5.74) is 4.99. The lowest BCUT2D eigenvalue weighted by atomic mass is 9.88. The third-order valence-corrected chi connectivity index (χ3v) is 6.26. The minimum Gasteiger partial charge on any atom is -0.349 e. The Bertz CT molecular complexity index is 794. The van der Waals surface area contributed by atoms with Gasteiger partial charge in [-0.1, -0.05) is 36.0 Å². The molecule has 1 aromatic carbocycles. The molecule has 2 aliphatic rings. The van der Waals surface area contributed by atoms with Crippen LogP contribution in [-0.4, -0.2) is 21.2 Å². The molecular formula is C20H25N3OS. The van der Waals surface area contributed by atoms with Crippen LogP contribution >= 0.6 is 11.8 Å². The highest BCUT2D eigenvalue weighted by Gasteiger charge is 2.29. The first-order valence-corrected chi connectivity index (χ1v) is 10.2. The Morgan fingerprint density at radius 3 is 2.88 bits per heavy atom. The van der Waals surface area contributed by atoms with E-state index in [1.54, 1.807) is 11.8 Å². The van der Waals surface area contributed by atoms with E-state index in [4.69, 9.17) is 0 Å². The number of carbonyl (C=O) groups excluding carboxylic acids is 1. The number of benzene rings is 1. The van der Waals surface area contributed by atoms with Crippen molar-refractivity contribution < 1.29 is 4.79 Å². The summed E-state index contributed by atoms with van der Waals surface area (Å²) < 4.78 is 2.32. The monoisotopic (exact) mass is 355 g/mol. The molecule has 1 heterocycles. The topological polar surface area (TPSA) is 46.9 Å². The fraction of sp³-hybridized carbons (Fsp3) is 0.500. The van der Waals surface area contributed by atoms with Crippen molar-refractivity contribution in [2.24, 2.45) is 0 Å². The Labute approximate surface area is 153 Å². The summed E-state index contributed by atoms with van der Waals surface area (Å²) in [5, 5.41) is 4.23. The fourth-order valence-electron chi connectivity index (χ4n) is 3.73. The van der Waals surface area contributed by atoms with Gasteiger partial charge in [0.05, 0.1) is 17.5 Å². The van der Waals surface area contributed by atoms with Gasteiger partial charge in [0.15, 0.2) is 5.16 Å². The standard InChI is InChI=1S/C20H25N3OS/c1-13-14(2)23(16-10-11-16)20(21-13)25-12-19(24)22-18-9-5-7-15-6-3-4-8-17(15)18/h3-4,6,8,16,18H,5,7,9-12H2,1-2H3,(H,22,24)/t18-/m0/s1. The highest BCUT2D eigenvalue weighted by atomic mass is 32.2. The van der Waals surface area contributed by atoms with E-state index in [0.29, 0.717) is 11.8 Å². The molecule has 4 rings (SSSR count). The molecular weight excluding hydrogens is 330 g/mol. The van der Waals surface area contributed by atoms with Crippen LogP contribution in [0, 0.1) is 13.8 Å². The zero-order valence-corrected chi connectivity index (χ0v) is 15.7. The van der Waals surface area contributed by atoms with Crippen LogP contribution in [0.25, 0.3) is 0 Å². The van der Waals surface area contributed by atoms with E-state index >= 15 is 0 Å². The predicted molar refractivity (Wildman–Crippen MR) is 101 cm³/mol. The summed E-state index contributed by atoms with van der Waals surface area (Å²) >= 11 is 1.57. The summed E-state index contributed by atoms with van der Waals surface area (Å²) in [4.78, 5) is 17.2. The van der Waals surface area contributed by atoms with Gasteiger partial charge in [-0.3, -0.25) is 4.79 Å². The lowest BCUT2D eigenvalue weighted by Gasteiger charge is -2.26. The predicted octanol–water partition coefficient (Wildman–Crippen LogP) is 4.12. The second kappa shape index (κ2) is 6.87. The number of amides is 1. The molecule has 0 bridgehead atoms. The van der Waals surface area contributed by atoms with E-state index in [0.717, 1.165) is 30.1 Å². The number of fused-ring (bicyclic) bond motifs is 1. The maximum atomic E-state index is 12.5. The molecule has 0 spiro atoms. The Morgan fingerprint density at radius 1 is 1.28 bits per heavy atom. The van der Waals surface area contributed by atoms with Gasteiger partial charge in [-0.25, -0.2) is 4.98 Å². The van der Waals surface area contributed by atoms with E-state index in [1.807, 2.05) is 0 Å². The molecule has 1 atom stereocenters. The number of hydrogen-bond donors (Lipinski definition) is 1. The van der Waals surface area contributed by atoms with Crippen LogP contribution in [0.4, 0.5) is 0 Å². The lowest BCUT2D eigenvalue weighted by molar-refractivity contribution is -0.119. The Morgan fingerprint density at radius 2 is 2.08 bits per heavy atom. The molecule has 0 unspecified atom stereocenters. The maximum absolute atomic E-state index is 12.5. The van der Waals surface area contributed by atoms with E-state index in [2.05, 4.69) is 53.0 Å². The van der Waals surface area contributed by atoms with Crippen molar-refractivity contribution in [2.75, 3.05) is 5.75 Å². The summed E-state index contributed by atoms with van der Waals surface area (Å²) in [5.74, 6) is 0.536. The minimum atomic E-state index is 0.104. The number of hydrogen-bond acceptors (Lipinski definition) is 3. The van der Waals surface area contributed by atoms with Gasteiger partial charge in [0.1, 0.15) is 0 Å². The van der Waals surface area contributed by atoms with Crippen LogP contribution in [0.1, 0.15) is 60.3 Å². The molecule has 2 aromatic rings. The average molecular weight is 356 g/mol. The number of carbonyl (C=O) groups is 1.